The lowest BCUT2D eigenvalue weighted by molar-refractivity contribution is -0.143. The highest BCUT2D eigenvalue weighted by atomic mass is 19.3. The Bertz CT molecular complexity index is 980. The van der Waals surface area contributed by atoms with Crippen LogP contribution in [-0.2, 0) is 4.79 Å². The van der Waals surface area contributed by atoms with Gasteiger partial charge in [0.05, 0.1) is 5.41 Å². The van der Waals surface area contributed by atoms with Crippen LogP contribution >= 0.6 is 0 Å². The Morgan fingerprint density at radius 1 is 1.17 bits per heavy atom. The average molecular weight is 417 g/mol. The molecule has 1 saturated carbocycles. The van der Waals surface area contributed by atoms with Crippen molar-refractivity contribution in [3.05, 3.63) is 53.9 Å². The number of aryl methyl sites for hydroxylation is 1. The number of alkyl halides is 2. The Morgan fingerprint density at radius 2 is 1.90 bits per heavy atom. The lowest BCUT2D eigenvalue weighted by Crippen LogP contribution is -2.46. The maximum atomic E-state index is 14.7. The summed E-state index contributed by atoms with van der Waals surface area (Å²) in [4.78, 5) is 35.3. The second-order valence-corrected chi connectivity index (χ2v) is 8.24. The van der Waals surface area contributed by atoms with Gasteiger partial charge in [-0.15, -0.1) is 0 Å². The van der Waals surface area contributed by atoms with E-state index in [1.165, 1.54) is 41.4 Å². The van der Waals surface area contributed by atoms with Gasteiger partial charge in [0, 0.05) is 37.2 Å². The fourth-order valence-corrected chi connectivity index (χ4v) is 4.60. The van der Waals surface area contributed by atoms with E-state index < -0.39 is 35.3 Å². The van der Waals surface area contributed by atoms with Crippen LogP contribution in [0.2, 0.25) is 0 Å². The number of carbonyl (C=O) groups is 2. The smallest absolute Gasteiger partial charge is 0.251 e. The van der Waals surface area contributed by atoms with Crippen molar-refractivity contribution in [1.29, 1.82) is 0 Å². The van der Waals surface area contributed by atoms with Gasteiger partial charge in [-0.1, -0.05) is 0 Å². The van der Waals surface area contributed by atoms with Gasteiger partial charge in [0.25, 0.3) is 5.92 Å². The molecule has 0 N–H and O–H groups in total. The van der Waals surface area contributed by atoms with Crippen molar-refractivity contribution < 1.29 is 22.8 Å². The average Bonchev–Trinajstić information content (AvgIpc) is 3.02. The lowest BCUT2D eigenvalue weighted by Gasteiger charge is -2.41. The largest absolute Gasteiger partial charge is 0.312 e. The summed E-state index contributed by atoms with van der Waals surface area (Å²) < 4.78 is 42.6. The predicted molar refractivity (Wildman–Crippen MR) is 104 cm³/mol. The molecule has 8 heteroatoms. The first-order chi connectivity index (χ1) is 14.2. The van der Waals surface area contributed by atoms with Crippen LogP contribution in [0.4, 0.5) is 18.9 Å². The molecule has 1 aliphatic carbocycles. The van der Waals surface area contributed by atoms with Crippen LogP contribution in [0, 0.1) is 24.1 Å². The van der Waals surface area contributed by atoms with Gasteiger partial charge >= 0.3 is 0 Å². The molecule has 1 saturated heterocycles. The van der Waals surface area contributed by atoms with Crippen molar-refractivity contribution in [2.45, 2.75) is 45.0 Å². The molecule has 1 spiro atoms. The molecule has 158 valence electrons. The third-order valence-corrected chi connectivity index (χ3v) is 6.32. The van der Waals surface area contributed by atoms with Crippen LogP contribution < -0.4 is 4.90 Å². The molecule has 1 aromatic carbocycles. The first-order valence-corrected chi connectivity index (χ1v) is 9.98. The van der Waals surface area contributed by atoms with E-state index in [2.05, 4.69) is 9.97 Å². The minimum absolute atomic E-state index is 0.0493. The molecule has 5 nitrogen and oxygen atoms in total. The topological polar surface area (TPSA) is 63.2 Å². The van der Waals surface area contributed by atoms with E-state index in [0.717, 1.165) is 0 Å². The number of hydrogen-bond donors (Lipinski definition) is 0. The van der Waals surface area contributed by atoms with Gasteiger partial charge in [-0.2, -0.15) is 0 Å². The molecule has 2 heterocycles. The number of halogens is 3. The Kier molecular flexibility index (Phi) is 5.11. The normalized spacial score (nSPS) is 25.7. The second kappa shape index (κ2) is 7.49. The van der Waals surface area contributed by atoms with Gasteiger partial charge in [0.15, 0.2) is 5.78 Å². The number of Topliss-reactive ketones (excluding diaryl/α,β-unsaturated/α-hetero) is 1. The molecule has 4 rings (SSSR count). The summed E-state index contributed by atoms with van der Waals surface area (Å²) in [6.07, 6.45) is 1.10. The Balaban J connectivity index is 1.54. The maximum absolute atomic E-state index is 14.7. The fraction of sp³-hybridized carbons (Fsp3) is 0.455. The van der Waals surface area contributed by atoms with E-state index in [0.29, 0.717) is 24.5 Å². The SMILES string of the molecule is Cc1nccc(C(=O)CC2CC3(CCN(c4ccc(F)cc4)C3=O)CCC2(F)F)n1. The highest BCUT2D eigenvalue weighted by Crippen LogP contribution is 2.53. The molecular formula is C22H22F3N3O2. The van der Waals surface area contributed by atoms with Crippen LogP contribution in [0.25, 0.3) is 0 Å². The number of benzene rings is 1. The molecule has 2 fully saturated rings. The van der Waals surface area contributed by atoms with E-state index in [9.17, 15) is 22.8 Å². The molecule has 0 bridgehead atoms. The minimum Gasteiger partial charge on any atom is -0.312 e. The van der Waals surface area contributed by atoms with E-state index in [1.54, 1.807) is 6.92 Å². The zero-order valence-electron chi connectivity index (χ0n) is 16.6. The van der Waals surface area contributed by atoms with Crippen LogP contribution in [0.5, 0.6) is 0 Å². The predicted octanol–water partition coefficient (Wildman–Crippen LogP) is 4.36. The van der Waals surface area contributed by atoms with E-state index >= 15 is 0 Å². The Hall–Kier alpha value is -2.77. The third kappa shape index (κ3) is 3.70. The monoisotopic (exact) mass is 417 g/mol. The highest BCUT2D eigenvalue weighted by Gasteiger charge is 2.57. The highest BCUT2D eigenvalue weighted by molar-refractivity contribution is 6.00. The van der Waals surface area contributed by atoms with E-state index in [-0.39, 0.29) is 30.9 Å². The van der Waals surface area contributed by atoms with Crippen molar-refractivity contribution in [3.8, 4) is 0 Å². The summed E-state index contributed by atoms with van der Waals surface area (Å²) in [6, 6.07) is 6.99. The Labute approximate surface area is 172 Å². The number of rotatable bonds is 4. The van der Waals surface area contributed by atoms with Crippen LogP contribution in [0.1, 0.15) is 48.4 Å². The van der Waals surface area contributed by atoms with Crippen molar-refractivity contribution >= 4 is 17.4 Å². The number of hydrogen-bond acceptors (Lipinski definition) is 4. The molecule has 1 amide bonds. The molecule has 1 aliphatic heterocycles. The number of carbonyl (C=O) groups excluding carboxylic acids is 2. The van der Waals surface area contributed by atoms with E-state index in [1.807, 2.05) is 0 Å². The van der Waals surface area contributed by atoms with Crippen molar-refractivity contribution in [3.63, 3.8) is 0 Å². The summed E-state index contributed by atoms with van der Waals surface area (Å²) >= 11 is 0. The summed E-state index contributed by atoms with van der Waals surface area (Å²) in [6.45, 7) is 2.02. The molecule has 30 heavy (non-hydrogen) atoms. The van der Waals surface area contributed by atoms with Crippen LogP contribution in [-0.4, -0.2) is 34.1 Å². The lowest BCUT2D eigenvalue weighted by atomic mass is 9.66. The molecule has 2 unspecified atom stereocenters. The van der Waals surface area contributed by atoms with Gasteiger partial charge in [0.1, 0.15) is 17.3 Å². The summed E-state index contributed by atoms with van der Waals surface area (Å²) in [5.41, 5.74) is -0.244. The summed E-state index contributed by atoms with van der Waals surface area (Å²) in [5, 5.41) is 0. The standard InChI is InChI=1S/C22H22F3N3O2/c1-14-26-10-6-18(27-14)19(29)12-15-13-21(7-8-22(15,24)25)9-11-28(20(21)30)17-4-2-16(23)3-5-17/h2-6,10,15H,7-9,11-13H2,1H3. The first-order valence-electron chi connectivity index (χ1n) is 9.98. The van der Waals surface area contributed by atoms with E-state index in [4.69, 9.17) is 0 Å². The quantitative estimate of drug-likeness (QED) is 0.694. The maximum Gasteiger partial charge on any atom is 0.251 e. The van der Waals surface area contributed by atoms with Gasteiger partial charge in [-0.05, 0) is 56.5 Å². The van der Waals surface area contributed by atoms with Crippen molar-refractivity contribution in [1.82, 2.24) is 9.97 Å². The third-order valence-electron chi connectivity index (χ3n) is 6.32. The molecular weight excluding hydrogens is 395 g/mol. The van der Waals surface area contributed by atoms with Crippen LogP contribution in [0.3, 0.4) is 0 Å². The van der Waals surface area contributed by atoms with Gasteiger partial charge < -0.3 is 4.90 Å². The first kappa shape index (κ1) is 20.5. The van der Waals surface area contributed by atoms with Crippen LogP contribution in [0.15, 0.2) is 36.5 Å². The molecule has 2 aromatic rings. The zero-order valence-corrected chi connectivity index (χ0v) is 16.6. The zero-order chi connectivity index (χ0) is 21.5. The number of aromatic nitrogens is 2. The summed E-state index contributed by atoms with van der Waals surface area (Å²) in [7, 11) is 0. The second-order valence-electron chi connectivity index (χ2n) is 8.24. The van der Waals surface area contributed by atoms with Crippen molar-refractivity contribution in [2.24, 2.45) is 11.3 Å². The number of amides is 1. The van der Waals surface area contributed by atoms with Crippen molar-refractivity contribution in [2.75, 3.05) is 11.4 Å². The molecule has 1 aromatic heterocycles. The minimum atomic E-state index is -3.02. The van der Waals surface area contributed by atoms with Gasteiger partial charge in [-0.25, -0.2) is 23.1 Å². The number of nitrogens with zero attached hydrogens (tertiary/aromatic N) is 3. The fourth-order valence-electron chi connectivity index (χ4n) is 4.60. The molecule has 0 radical (unpaired) electrons. The molecule has 2 aliphatic rings. The van der Waals surface area contributed by atoms with Gasteiger partial charge in [-0.3, -0.25) is 9.59 Å². The number of anilines is 1. The van der Waals surface area contributed by atoms with Gasteiger partial charge in [0.2, 0.25) is 5.91 Å². The number of ketones is 1. The summed E-state index contributed by atoms with van der Waals surface area (Å²) in [5.74, 6) is -4.95. The molecule has 2 atom stereocenters. The Morgan fingerprint density at radius 3 is 2.60 bits per heavy atom.